The molecule has 0 saturated carbocycles. The lowest BCUT2D eigenvalue weighted by atomic mass is 10.2. The molecule has 6 nitrogen and oxygen atoms in total. The second kappa shape index (κ2) is 7.89. The fourth-order valence-corrected chi connectivity index (χ4v) is 4.31. The zero-order valence-corrected chi connectivity index (χ0v) is 16.6. The van der Waals surface area contributed by atoms with E-state index in [2.05, 4.69) is 10.1 Å². The zero-order valence-electron chi connectivity index (χ0n) is 15.8. The molecule has 1 aromatic heterocycles. The molecule has 0 aliphatic rings. The predicted octanol–water partition coefficient (Wildman–Crippen LogP) is 4.44. The van der Waals surface area contributed by atoms with Crippen LogP contribution in [0, 0.1) is 6.92 Å². The van der Waals surface area contributed by atoms with Crippen LogP contribution in [-0.2, 0) is 16.6 Å². The highest BCUT2D eigenvalue weighted by atomic mass is 32.2. The Labute approximate surface area is 169 Å². The minimum Gasteiger partial charge on any atom is -0.337 e. The Bertz CT molecular complexity index is 1190. The number of rotatable bonds is 6. The van der Waals surface area contributed by atoms with Crippen molar-refractivity contribution in [1.82, 2.24) is 10.1 Å². The minimum absolute atomic E-state index is 0.0694. The van der Waals surface area contributed by atoms with Crippen molar-refractivity contribution in [3.63, 3.8) is 0 Å². The molecular formula is C22H19N3O3S. The van der Waals surface area contributed by atoms with Gasteiger partial charge in [-0.15, -0.1) is 0 Å². The number of anilines is 1. The van der Waals surface area contributed by atoms with Crippen molar-refractivity contribution in [2.75, 3.05) is 4.31 Å². The summed E-state index contributed by atoms with van der Waals surface area (Å²) >= 11 is 0. The van der Waals surface area contributed by atoms with Gasteiger partial charge in [0.2, 0.25) is 11.7 Å². The third-order valence-electron chi connectivity index (χ3n) is 4.43. The molecule has 0 bridgehead atoms. The van der Waals surface area contributed by atoms with Gasteiger partial charge >= 0.3 is 0 Å². The average molecular weight is 405 g/mol. The Morgan fingerprint density at radius 3 is 2.14 bits per heavy atom. The average Bonchev–Trinajstić information content (AvgIpc) is 3.22. The maximum Gasteiger partial charge on any atom is 0.264 e. The Morgan fingerprint density at radius 1 is 0.862 bits per heavy atom. The molecule has 0 radical (unpaired) electrons. The molecule has 0 aliphatic heterocycles. The molecule has 0 aliphatic carbocycles. The van der Waals surface area contributed by atoms with Gasteiger partial charge in [-0.25, -0.2) is 8.42 Å². The molecule has 0 atom stereocenters. The number of hydrogen-bond acceptors (Lipinski definition) is 5. The van der Waals surface area contributed by atoms with E-state index >= 15 is 0 Å². The van der Waals surface area contributed by atoms with E-state index in [9.17, 15) is 8.42 Å². The fraction of sp³-hybridized carbons (Fsp3) is 0.0909. The summed E-state index contributed by atoms with van der Waals surface area (Å²) < 4.78 is 33.4. The molecule has 4 aromatic rings. The number of aryl methyl sites for hydroxylation is 1. The third-order valence-corrected chi connectivity index (χ3v) is 6.22. The summed E-state index contributed by atoms with van der Waals surface area (Å²) in [6.45, 7) is 1.84. The lowest BCUT2D eigenvalue weighted by Gasteiger charge is -2.23. The van der Waals surface area contributed by atoms with Crippen LogP contribution in [0.1, 0.15) is 11.5 Å². The molecule has 0 unspecified atom stereocenters. The van der Waals surface area contributed by atoms with Gasteiger partial charge in [0.15, 0.2) is 0 Å². The summed E-state index contributed by atoms with van der Waals surface area (Å²) in [5, 5.41) is 3.99. The molecule has 146 valence electrons. The van der Waals surface area contributed by atoms with Gasteiger partial charge in [0, 0.05) is 5.56 Å². The monoisotopic (exact) mass is 405 g/mol. The van der Waals surface area contributed by atoms with Crippen LogP contribution in [0.15, 0.2) is 94.3 Å². The summed E-state index contributed by atoms with van der Waals surface area (Å²) in [5.74, 6) is 0.629. The Hall–Kier alpha value is -3.45. The molecule has 1 heterocycles. The molecule has 0 saturated heterocycles. The van der Waals surface area contributed by atoms with Crippen molar-refractivity contribution < 1.29 is 12.9 Å². The maximum absolute atomic E-state index is 13.4. The van der Waals surface area contributed by atoms with E-state index < -0.39 is 10.0 Å². The highest BCUT2D eigenvalue weighted by molar-refractivity contribution is 7.92. The maximum atomic E-state index is 13.4. The molecule has 29 heavy (non-hydrogen) atoms. The predicted molar refractivity (Wildman–Crippen MR) is 111 cm³/mol. The van der Waals surface area contributed by atoms with Crippen LogP contribution in [0.5, 0.6) is 0 Å². The summed E-state index contributed by atoms with van der Waals surface area (Å²) in [5.41, 5.74) is 2.31. The first-order valence-electron chi connectivity index (χ1n) is 9.06. The number of hydrogen-bond donors (Lipinski definition) is 0. The largest absolute Gasteiger partial charge is 0.337 e. The molecule has 7 heteroatoms. The lowest BCUT2D eigenvalue weighted by molar-refractivity contribution is 0.380. The highest BCUT2D eigenvalue weighted by Gasteiger charge is 2.27. The SMILES string of the molecule is Cc1ccc(S(=O)(=O)N(Cc2nc(-c3ccccc3)no2)c2ccccc2)cc1. The van der Waals surface area contributed by atoms with E-state index in [1.54, 1.807) is 48.5 Å². The first-order chi connectivity index (χ1) is 14.0. The smallest absolute Gasteiger partial charge is 0.264 e. The van der Waals surface area contributed by atoms with Gasteiger partial charge in [-0.3, -0.25) is 4.31 Å². The van der Waals surface area contributed by atoms with E-state index in [0.29, 0.717) is 11.5 Å². The number of aromatic nitrogens is 2. The lowest BCUT2D eigenvalue weighted by Crippen LogP contribution is -2.30. The van der Waals surface area contributed by atoms with Crippen LogP contribution < -0.4 is 4.31 Å². The number of para-hydroxylation sites is 1. The van der Waals surface area contributed by atoms with Gasteiger partial charge in [0.25, 0.3) is 10.0 Å². The zero-order chi connectivity index (χ0) is 20.3. The third kappa shape index (κ3) is 4.05. The van der Waals surface area contributed by atoms with Crippen molar-refractivity contribution in [2.45, 2.75) is 18.4 Å². The van der Waals surface area contributed by atoms with E-state index in [0.717, 1.165) is 11.1 Å². The summed E-state index contributed by atoms with van der Waals surface area (Å²) in [7, 11) is -3.82. The van der Waals surface area contributed by atoms with Crippen molar-refractivity contribution in [3.8, 4) is 11.4 Å². The second-order valence-electron chi connectivity index (χ2n) is 6.54. The molecule has 3 aromatic carbocycles. The normalized spacial score (nSPS) is 11.3. The van der Waals surface area contributed by atoms with Gasteiger partial charge in [-0.1, -0.05) is 71.4 Å². The van der Waals surface area contributed by atoms with Crippen LogP contribution in [-0.4, -0.2) is 18.6 Å². The summed E-state index contributed by atoms with van der Waals surface area (Å²) in [6, 6.07) is 25.0. The summed E-state index contributed by atoms with van der Waals surface area (Å²) in [4.78, 5) is 4.59. The van der Waals surface area contributed by atoms with Crippen molar-refractivity contribution in [2.24, 2.45) is 0 Å². The number of nitrogens with zero attached hydrogens (tertiary/aromatic N) is 3. The second-order valence-corrected chi connectivity index (χ2v) is 8.40. The molecule has 0 spiro atoms. The first-order valence-corrected chi connectivity index (χ1v) is 10.5. The Morgan fingerprint density at radius 2 is 1.48 bits per heavy atom. The first kappa shape index (κ1) is 18.9. The molecule has 0 N–H and O–H groups in total. The van der Waals surface area contributed by atoms with E-state index in [4.69, 9.17) is 4.52 Å². The van der Waals surface area contributed by atoms with Crippen LogP contribution in [0.25, 0.3) is 11.4 Å². The number of benzene rings is 3. The quantitative estimate of drug-likeness (QED) is 0.474. The van der Waals surface area contributed by atoms with Gasteiger partial charge in [-0.05, 0) is 31.2 Å². The standard InChI is InChI=1S/C22H19N3O3S/c1-17-12-14-20(15-13-17)29(26,27)25(19-10-6-3-7-11-19)16-21-23-22(24-28-21)18-8-4-2-5-9-18/h2-15H,16H2,1H3. The van der Waals surface area contributed by atoms with Crippen LogP contribution in [0.4, 0.5) is 5.69 Å². The van der Waals surface area contributed by atoms with Crippen molar-refractivity contribution >= 4 is 15.7 Å². The van der Waals surface area contributed by atoms with Crippen molar-refractivity contribution in [1.29, 1.82) is 0 Å². The fourth-order valence-electron chi connectivity index (χ4n) is 2.89. The van der Waals surface area contributed by atoms with Gasteiger partial charge in [-0.2, -0.15) is 4.98 Å². The minimum atomic E-state index is -3.82. The van der Waals surface area contributed by atoms with Crippen molar-refractivity contribution in [3.05, 3.63) is 96.4 Å². The van der Waals surface area contributed by atoms with Gasteiger partial charge in [0.05, 0.1) is 10.6 Å². The summed E-state index contributed by atoms with van der Waals surface area (Å²) in [6.07, 6.45) is 0. The topological polar surface area (TPSA) is 76.3 Å². The Kier molecular flexibility index (Phi) is 5.14. The van der Waals surface area contributed by atoms with Crippen LogP contribution in [0.3, 0.4) is 0 Å². The van der Waals surface area contributed by atoms with Crippen LogP contribution >= 0.6 is 0 Å². The molecular weight excluding hydrogens is 386 g/mol. The van der Waals surface area contributed by atoms with Crippen LogP contribution in [0.2, 0.25) is 0 Å². The molecule has 4 rings (SSSR count). The van der Waals surface area contributed by atoms with Gasteiger partial charge in [0.1, 0.15) is 6.54 Å². The van der Waals surface area contributed by atoms with E-state index in [-0.39, 0.29) is 17.3 Å². The molecule has 0 amide bonds. The highest BCUT2D eigenvalue weighted by Crippen LogP contribution is 2.26. The van der Waals surface area contributed by atoms with E-state index in [1.165, 1.54) is 4.31 Å². The molecule has 0 fully saturated rings. The van der Waals surface area contributed by atoms with Gasteiger partial charge < -0.3 is 4.52 Å². The number of sulfonamides is 1. The van der Waals surface area contributed by atoms with E-state index in [1.807, 2.05) is 43.3 Å². The Balaban J connectivity index is 1.71.